The Hall–Kier alpha value is -0.160. The first-order valence-electron chi connectivity index (χ1n) is 1.24. The number of hydrogen-bond donors (Lipinski definition) is 3. The van der Waals surface area contributed by atoms with Crippen LogP contribution in [0.15, 0.2) is 0 Å². The molecule has 0 aliphatic carbocycles. The van der Waals surface area contributed by atoms with Gasteiger partial charge in [0.1, 0.15) is 0 Å². The van der Waals surface area contributed by atoms with Crippen LogP contribution in [0.2, 0.25) is 0 Å². The van der Waals surface area contributed by atoms with Gasteiger partial charge in [0, 0.05) is 0 Å². The zero-order valence-corrected chi connectivity index (χ0v) is 2.56. The van der Waals surface area contributed by atoms with E-state index in [1.54, 1.807) is 0 Å². The third-order valence-electron chi connectivity index (χ3n) is 0.338. The molecule has 5 heavy (non-hydrogen) atoms. The van der Waals surface area contributed by atoms with Crippen LogP contribution in [-0.2, 0) is 4.84 Å². The van der Waals surface area contributed by atoms with Gasteiger partial charge in [0.25, 0.3) is 5.97 Å². The second-order valence-electron chi connectivity index (χ2n) is 0.997. The lowest BCUT2D eigenvalue weighted by atomic mass is 10.9. The van der Waals surface area contributed by atoms with E-state index in [1.165, 1.54) is 0 Å². The summed E-state index contributed by atoms with van der Waals surface area (Å²) in [4.78, 5) is 4.20. The molecule has 0 bridgehead atoms. The Kier molecular flexibility index (Phi) is 0.307. The summed E-state index contributed by atoms with van der Waals surface area (Å²) < 4.78 is 0. The molecule has 1 aliphatic heterocycles. The topological polar surface area (TPSA) is 86.5 Å². The van der Waals surface area contributed by atoms with Gasteiger partial charge in [-0.1, -0.05) is 0 Å². The molecule has 0 radical (unpaired) electrons. The fourth-order valence-electron chi connectivity index (χ4n) is 0.0589. The lowest BCUT2D eigenvalue weighted by molar-refractivity contribution is 0.303. The average Bonchev–Trinajstić information content (AvgIpc) is 1.76. The quantitative estimate of drug-likeness (QED) is 0.231. The van der Waals surface area contributed by atoms with E-state index in [2.05, 4.69) is 10.3 Å². The molecule has 1 rings (SSSR count). The first-order chi connectivity index (χ1) is 2.21. The highest BCUT2D eigenvalue weighted by molar-refractivity contribution is 4.62. The fraction of sp³-hybridized carbons (Fsp3) is 1.00. The van der Waals surface area contributed by atoms with Gasteiger partial charge in [0.15, 0.2) is 0 Å². The molecule has 1 saturated heterocycles. The standard InChI is InChI=1S/CH5N3O/c2-1(3)4-5-1/h4H,2-3H2. The maximum absolute atomic E-state index is 4.91. The molecule has 0 amide bonds. The van der Waals surface area contributed by atoms with E-state index in [1.807, 2.05) is 0 Å². The van der Waals surface area contributed by atoms with Gasteiger partial charge in [-0.05, 0) is 0 Å². The molecule has 30 valence electrons. The zero-order valence-electron chi connectivity index (χ0n) is 2.56. The van der Waals surface area contributed by atoms with Crippen LogP contribution in [0.4, 0.5) is 0 Å². The first kappa shape index (κ1) is 3.05. The number of hydrogen-bond acceptors (Lipinski definition) is 4. The Morgan fingerprint density at radius 1 is 1.60 bits per heavy atom. The van der Waals surface area contributed by atoms with Gasteiger partial charge in [-0.3, -0.25) is 11.5 Å². The summed E-state index contributed by atoms with van der Waals surface area (Å²) in [6.07, 6.45) is 0. The van der Waals surface area contributed by atoms with Crippen LogP contribution in [0, 0.1) is 0 Å². The molecular formula is CH5N3O. The van der Waals surface area contributed by atoms with E-state index in [-0.39, 0.29) is 0 Å². The van der Waals surface area contributed by atoms with E-state index in [4.69, 9.17) is 11.5 Å². The van der Waals surface area contributed by atoms with Crippen molar-refractivity contribution in [3.8, 4) is 0 Å². The fourth-order valence-corrected chi connectivity index (χ4v) is 0.0589. The van der Waals surface area contributed by atoms with Gasteiger partial charge in [0.05, 0.1) is 0 Å². The van der Waals surface area contributed by atoms with Crippen LogP contribution in [0.25, 0.3) is 0 Å². The van der Waals surface area contributed by atoms with E-state index < -0.39 is 5.97 Å². The molecule has 0 unspecified atom stereocenters. The summed E-state index contributed by atoms with van der Waals surface area (Å²) in [5.74, 6) is -1.00. The van der Waals surface area contributed by atoms with Gasteiger partial charge in [-0.25, -0.2) is 4.84 Å². The lowest BCUT2D eigenvalue weighted by Gasteiger charge is -1.80. The molecule has 0 atom stereocenters. The summed E-state index contributed by atoms with van der Waals surface area (Å²) in [6, 6.07) is 0. The first-order valence-corrected chi connectivity index (χ1v) is 1.24. The van der Waals surface area contributed by atoms with Crippen molar-refractivity contribution < 1.29 is 4.84 Å². The minimum Gasteiger partial charge on any atom is -0.274 e. The van der Waals surface area contributed by atoms with Crippen LogP contribution < -0.4 is 16.9 Å². The molecule has 0 aromatic rings. The van der Waals surface area contributed by atoms with E-state index in [9.17, 15) is 0 Å². The zero-order chi connectivity index (χ0) is 3.91. The normalized spacial score (nSPS) is 30.0. The molecule has 4 nitrogen and oxygen atoms in total. The number of nitrogens with one attached hydrogen (secondary N) is 1. The number of nitrogens with two attached hydrogens (primary N) is 2. The molecule has 0 aromatic heterocycles. The molecule has 1 fully saturated rings. The maximum Gasteiger partial charge on any atom is 0.270 e. The monoisotopic (exact) mass is 75.0 g/mol. The number of rotatable bonds is 0. The molecular weight excluding hydrogens is 70.0 g/mol. The van der Waals surface area contributed by atoms with Crippen molar-refractivity contribution in [1.29, 1.82) is 0 Å². The van der Waals surface area contributed by atoms with E-state index >= 15 is 0 Å². The smallest absolute Gasteiger partial charge is 0.270 e. The Balaban J connectivity index is 2.38. The summed E-state index contributed by atoms with van der Waals surface area (Å²) in [5, 5.41) is 0. The molecule has 0 saturated carbocycles. The average molecular weight is 75.1 g/mol. The summed E-state index contributed by atoms with van der Waals surface area (Å²) >= 11 is 0. The Bertz CT molecular complexity index is 44.9. The summed E-state index contributed by atoms with van der Waals surface area (Å²) in [7, 11) is 0. The summed E-state index contributed by atoms with van der Waals surface area (Å²) in [6.45, 7) is 0. The van der Waals surface area contributed by atoms with Crippen molar-refractivity contribution in [2.75, 3.05) is 0 Å². The molecule has 1 heterocycles. The van der Waals surface area contributed by atoms with Crippen molar-refractivity contribution in [1.82, 2.24) is 5.48 Å². The van der Waals surface area contributed by atoms with Crippen molar-refractivity contribution in [2.45, 2.75) is 5.97 Å². The molecule has 0 aromatic carbocycles. The molecule has 4 heteroatoms. The second kappa shape index (κ2) is 0.504. The predicted octanol–water partition coefficient (Wildman–Crippen LogP) is -1.95. The third-order valence-corrected chi connectivity index (χ3v) is 0.338. The van der Waals surface area contributed by atoms with E-state index in [0.29, 0.717) is 0 Å². The van der Waals surface area contributed by atoms with Gasteiger partial charge in [-0.15, -0.1) is 5.48 Å². The largest absolute Gasteiger partial charge is 0.274 e. The van der Waals surface area contributed by atoms with Crippen LogP contribution in [0.5, 0.6) is 0 Å². The van der Waals surface area contributed by atoms with Gasteiger partial charge < -0.3 is 0 Å². The Labute approximate surface area is 29.0 Å². The van der Waals surface area contributed by atoms with Crippen LogP contribution in [0.1, 0.15) is 0 Å². The van der Waals surface area contributed by atoms with Crippen LogP contribution >= 0.6 is 0 Å². The van der Waals surface area contributed by atoms with Crippen molar-refractivity contribution in [3.63, 3.8) is 0 Å². The summed E-state index contributed by atoms with van der Waals surface area (Å²) in [5.41, 5.74) is 12.0. The predicted molar refractivity (Wildman–Crippen MR) is 15.3 cm³/mol. The highest BCUT2D eigenvalue weighted by atomic mass is 16.8. The molecule has 0 spiro atoms. The highest BCUT2D eigenvalue weighted by Gasteiger charge is 2.34. The van der Waals surface area contributed by atoms with Gasteiger partial charge in [0.2, 0.25) is 0 Å². The molecule has 1 aliphatic rings. The van der Waals surface area contributed by atoms with Crippen LogP contribution in [-0.4, -0.2) is 5.97 Å². The molecule has 5 N–H and O–H groups in total. The Morgan fingerprint density at radius 3 is 1.80 bits per heavy atom. The van der Waals surface area contributed by atoms with Crippen molar-refractivity contribution in [2.24, 2.45) is 11.5 Å². The lowest BCUT2D eigenvalue weighted by Crippen LogP contribution is -2.37. The van der Waals surface area contributed by atoms with E-state index in [0.717, 1.165) is 0 Å². The van der Waals surface area contributed by atoms with Crippen LogP contribution in [0.3, 0.4) is 0 Å². The highest BCUT2D eigenvalue weighted by Crippen LogP contribution is 1.97. The van der Waals surface area contributed by atoms with Gasteiger partial charge in [-0.2, -0.15) is 0 Å². The maximum atomic E-state index is 4.91. The SMILES string of the molecule is NC1(N)NO1. The number of hydroxylamine groups is 1. The Morgan fingerprint density at radius 2 is 1.80 bits per heavy atom. The van der Waals surface area contributed by atoms with Crippen molar-refractivity contribution >= 4 is 0 Å². The second-order valence-corrected chi connectivity index (χ2v) is 0.997. The van der Waals surface area contributed by atoms with Crippen molar-refractivity contribution in [3.05, 3.63) is 0 Å². The third kappa shape index (κ3) is 0.555. The minimum absolute atomic E-state index is 1.00. The van der Waals surface area contributed by atoms with Gasteiger partial charge >= 0.3 is 0 Å². The minimum atomic E-state index is -1.00.